The highest BCUT2D eigenvalue weighted by atomic mass is 16.6. The highest BCUT2D eigenvalue weighted by molar-refractivity contribution is 5.48. The molecule has 0 N–H and O–H groups in total. The van der Waals surface area contributed by atoms with E-state index in [1.807, 2.05) is 20.8 Å². The monoisotopic (exact) mass is 195 g/mol. The van der Waals surface area contributed by atoms with Crippen LogP contribution in [-0.4, -0.2) is 11.0 Å². The van der Waals surface area contributed by atoms with Gasteiger partial charge in [0.2, 0.25) is 0 Å². The minimum absolute atomic E-state index is 0.0266. The van der Waals surface area contributed by atoms with Gasteiger partial charge >= 0.3 is 5.69 Å². The lowest BCUT2D eigenvalue weighted by Gasteiger charge is -2.09. The van der Waals surface area contributed by atoms with Gasteiger partial charge in [-0.15, -0.1) is 0 Å². The lowest BCUT2D eigenvalue weighted by Crippen LogP contribution is -2.07. The van der Waals surface area contributed by atoms with Gasteiger partial charge in [-0.25, -0.2) is 0 Å². The Bertz CT molecular complexity index is 347. The smallest absolute Gasteiger partial charge is 0.311 e. The first-order valence-electron chi connectivity index (χ1n) is 4.42. The second-order valence-corrected chi connectivity index (χ2v) is 3.39. The summed E-state index contributed by atoms with van der Waals surface area (Å²) in [4.78, 5) is 10.3. The van der Waals surface area contributed by atoms with Crippen molar-refractivity contribution in [3.05, 3.63) is 33.9 Å². The topological polar surface area (TPSA) is 52.4 Å². The maximum absolute atomic E-state index is 10.7. The van der Waals surface area contributed by atoms with Gasteiger partial charge in [-0.1, -0.05) is 6.07 Å². The van der Waals surface area contributed by atoms with Crippen LogP contribution in [-0.2, 0) is 0 Å². The van der Waals surface area contributed by atoms with Gasteiger partial charge < -0.3 is 4.74 Å². The molecule has 0 unspecified atom stereocenters. The van der Waals surface area contributed by atoms with Crippen molar-refractivity contribution in [2.75, 3.05) is 0 Å². The van der Waals surface area contributed by atoms with Crippen LogP contribution < -0.4 is 4.74 Å². The molecule has 4 heteroatoms. The summed E-state index contributed by atoms with van der Waals surface area (Å²) in [7, 11) is 0. The van der Waals surface area contributed by atoms with E-state index in [0.717, 1.165) is 5.56 Å². The minimum Gasteiger partial charge on any atom is -0.484 e. The molecule has 1 aromatic carbocycles. The van der Waals surface area contributed by atoms with Crippen molar-refractivity contribution in [1.29, 1.82) is 0 Å². The van der Waals surface area contributed by atoms with Crippen molar-refractivity contribution in [3.8, 4) is 5.75 Å². The standard InChI is InChI=1S/C10H13NO3/c1-7(2)14-10-5-4-8(3)6-9(10)11(12)13/h4-7H,1-3H3. The lowest BCUT2D eigenvalue weighted by atomic mass is 10.2. The zero-order valence-corrected chi connectivity index (χ0v) is 8.48. The number of hydrogen-bond donors (Lipinski definition) is 0. The third-order valence-electron chi connectivity index (χ3n) is 1.67. The molecule has 0 atom stereocenters. The maximum Gasteiger partial charge on any atom is 0.311 e. The normalized spacial score (nSPS) is 10.3. The zero-order valence-electron chi connectivity index (χ0n) is 8.48. The summed E-state index contributed by atoms with van der Waals surface area (Å²) < 4.78 is 5.32. The van der Waals surface area contributed by atoms with Gasteiger partial charge in [-0.2, -0.15) is 0 Å². The number of nitrogens with zero attached hydrogens (tertiary/aromatic N) is 1. The second-order valence-electron chi connectivity index (χ2n) is 3.39. The van der Waals surface area contributed by atoms with Crippen LogP contribution in [0.2, 0.25) is 0 Å². The Hall–Kier alpha value is -1.58. The van der Waals surface area contributed by atoms with E-state index in [2.05, 4.69) is 0 Å². The van der Waals surface area contributed by atoms with Gasteiger partial charge in [0.15, 0.2) is 5.75 Å². The predicted molar refractivity (Wildman–Crippen MR) is 53.6 cm³/mol. The second kappa shape index (κ2) is 4.09. The van der Waals surface area contributed by atoms with Crippen LogP contribution in [0.25, 0.3) is 0 Å². The van der Waals surface area contributed by atoms with E-state index in [9.17, 15) is 10.1 Å². The van der Waals surface area contributed by atoms with Crippen molar-refractivity contribution in [3.63, 3.8) is 0 Å². The molecule has 0 radical (unpaired) electrons. The fourth-order valence-electron chi connectivity index (χ4n) is 1.12. The molecule has 0 saturated heterocycles. The Morgan fingerprint density at radius 2 is 2.07 bits per heavy atom. The number of rotatable bonds is 3. The Morgan fingerprint density at radius 1 is 1.43 bits per heavy atom. The van der Waals surface area contributed by atoms with Gasteiger partial charge in [0.1, 0.15) is 0 Å². The van der Waals surface area contributed by atoms with Gasteiger partial charge in [0, 0.05) is 6.07 Å². The fraction of sp³-hybridized carbons (Fsp3) is 0.400. The number of nitro groups is 1. The zero-order chi connectivity index (χ0) is 10.7. The first kappa shape index (κ1) is 10.5. The van der Waals surface area contributed by atoms with Crippen LogP contribution in [0.5, 0.6) is 5.75 Å². The van der Waals surface area contributed by atoms with E-state index in [-0.39, 0.29) is 11.8 Å². The van der Waals surface area contributed by atoms with Crippen molar-refractivity contribution < 1.29 is 9.66 Å². The van der Waals surface area contributed by atoms with E-state index in [1.54, 1.807) is 12.1 Å². The Kier molecular flexibility index (Phi) is 3.06. The molecule has 0 spiro atoms. The summed E-state index contributed by atoms with van der Waals surface area (Å²) in [5.41, 5.74) is 0.881. The number of hydrogen-bond acceptors (Lipinski definition) is 3. The summed E-state index contributed by atoms with van der Waals surface area (Å²) >= 11 is 0. The Morgan fingerprint density at radius 3 is 2.57 bits per heavy atom. The highest BCUT2D eigenvalue weighted by Crippen LogP contribution is 2.28. The van der Waals surface area contributed by atoms with Crippen LogP contribution >= 0.6 is 0 Å². The molecule has 4 nitrogen and oxygen atoms in total. The van der Waals surface area contributed by atoms with Crippen molar-refractivity contribution in [2.45, 2.75) is 26.9 Å². The molecule has 14 heavy (non-hydrogen) atoms. The molecule has 0 aromatic heterocycles. The van der Waals surface area contributed by atoms with E-state index in [4.69, 9.17) is 4.74 Å². The lowest BCUT2D eigenvalue weighted by molar-refractivity contribution is -0.386. The third kappa shape index (κ3) is 2.45. The molecule has 0 amide bonds. The van der Waals surface area contributed by atoms with Gasteiger partial charge in [0.25, 0.3) is 0 Å². The summed E-state index contributed by atoms with van der Waals surface area (Å²) in [5, 5.41) is 10.7. The molecule has 0 fully saturated rings. The number of nitro benzene ring substituents is 1. The number of aryl methyl sites for hydroxylation is 1. The molecule has 0 heterocycles. The highest BCUT2D eigenvalue weighted by Gasteiger charge is 2.15. The SMILES string of the molecule is Cc1ccc(OC(C)C)c([N+](=O)[O-])c1. The number of benzene rings is 1. The largest absolute Gasteiger partial charge is 0.484 e. The summed E-state index contributed by atoms with van der Waals surface area (Å²) in [5.74, 6) is 0.329. The van der Waals surface area contributed by atoms with Crippen molar-refractivity contribution in [1.82, 2.24) is 0 Å². The van der Waals surface area contributed by atoms with Gasteiger partial charge in [-0.3, -0.25) is 10.1 Å². The summed E-state index contributed by atoms with van der Waals surface area (Å²) in [6, 6.07) is 4.94. The molecule has 0 aliphatic rings. The van der Waals surface area contributed by atoms with Gasteiger partial charge in [0.05, 0.1) is 11.0 Å². The summed E-state index contributed by atoms with van der Waals surface area (Å²) in [6.07, 6.45) is -0.0589. The predicted octanol–water partition coefficient (Wildman–Crippen LogP) is 2.69. The molecular formula is C10H13NO3. The van der Waals surface area contributed by atoms with Crippen LogP contribution in [0, 0.1) is 17.0 Å². The first-order chi connectivity index (χ1) is 6.50. The van der Waals surface area contributed by atoms with Crippen LogP contribution in [0.1, 0.15) is 19.4 Å². The molecule has 76 valence electrons. The molecule has 0 aliphatic heterocycles. The fourth-order valence-corrected chi connectivity index (χ4v) is 1.12. The van der Waals surface area contributed by atoms with E-state index in [1.165, 1.54) is 6.07 Å². The van der Waals surface area contributed by atoms with E-state index in [0.29, 0.717) is 5.75 Å². The van der Waals surface area contributed by atoms with Crippen LogP contribution in [0.4, 0.5) is 5.69 Å². The molecule has 0 bridgehead atoms. The molecule has 0 saturated carbocycles. The quantitative estimate of drug-likeness (QED) is 0.550. The Balaban J connectivity index is 3.08. The number of ether oxygens (including phenoxy) is 1. The molecular weight excluding hydrogens is 182 g/mol. The van der Waals surface area contributed by atoms with Crippen LogP contribution in [0.15, 0.2) is 18.2 Å². The van der Waals surface area contributed by atoms with Crippen molar-refractivity contribution in [2.24, 2.45) is 0 Å². The molecule has 1 aromatic rings. The average molecular weight is 195 g/mol. The minimum atomic E-state index is -0.426. The van der Waals surface area contributed by atoms with Gasteiger partial charge in [-0.05, 0) is 32.4 Å². The molecule has 0 aliphatic carbocycles. The van der Waals surface area contributed by atoms with Crippen LogP contribution in [0.3, 0.4) is 0 Å². The van der Waals surface area contributed by atoms with E-state index < -0.39 is 4.92 Å². The summed E-state index contributed by atoms with van der Waals surface area (Å²) in [6.45, 7) is 5.49. The Labute approximate surface area is 82.7 Å². The van der Waals surface area contributed by atoms with E-state index >= 15 is 0 Å². The molecule has 1 rings (SSSR count). The first-order valence-corrected chi connectivity index (χ1v) is 4.42. The average Bonchev–Trinajstić information content (AvgIpc) is 2.07. The third-order valence-corrected chi connectivity index (χ3v) is 1.67. The van der Waals surface area contributed by atoms with Crippen molar-refractivity contribution >= 4 is 5.69 Å². The maximum atomic E-state index is 10.7.